The van der Waals surface area contributed by atoms with Crippen molar-refractivity contribution in [3.63, 3.8) is 0 Å². The highest BCUT2D eigenvalue weighted by Crippen LogP contribution is 2.35. The van der Waals surface area contributed by atoms with E-state index in [1.54, 1.807) is 7.05 Å². The average molecular weight is 536 g/mol. The summed E-state index contributed by atoms with van der Waals surface area (Å²) in [7, 11) is -2.87. The fourth-order valence-corrected chi connectivity index (χ4v) is 5.29. The van der Waals surface area contributed by atoms with E-state index in [-0.39, 0.29) is 22.0 Å². The van der Waals surface area contributed by atoms with Gasteiger partial charge >= 0.3 is 0 Å². The maximum atomic E-state index is 15.4. The lowest BCUT2D eigenvalue weighted by molar-refractivity contribution is 0.103. The van der Waals surface area contributed by atoms with Gasteiger partial charge in [-0.05, 0) is 43.2 Å². The number of hydrogen-bond donors (Lipinski definition) is 2. The molecule has 186 valence electrons. The van der Waals surface area contributed by atoms with Gasteiger partial charge in [0.15, 0.2) is 5.82 Å². The van der Waals surface area contributed by atoms with Gasteiger partial charge < -0.3 is 9.88 Å². The number of aromatic amines is 1. The SMILES string of the molecule is CN(c1ncnc2[nH]cc(C(=O)c3c(F)ccc(NS(=O)(=O)c4cc(Cl)ccc4F)c3F)c12)C1CC1. The quantitative estimate of drug-likeness (QED) is 0.333. The van der Waals surface area contributed by atoms with E-state index in [1.165, 1.54) is 12.5 Å². The van der Waals surface area contributed by atoms with Crippen molar-refractivity contribution in [2.75, 3.05) is 16.7 Å². The topological polar surface area (TPSA) is 108 Å². The molecule has 0 aliphatic heterocycles. The number of anilines is 2. The van der Waals surface area contributed by atoms with Gasteiger partial charge in [-0.2, -0.15) is 0 Å². The number of carbonyl (C=O) groups is 1. The van der Waals surface area contributed by atoms with Gasteiger partial charge in [-0.1, -0.05) is 11.6 Å². The second kappa shape index (κ2) is 8.79. The number of sulfonamides is 1. The van der Waals surface area contributed by atoms with Crippen LogP contribution in [-0.2, 0) is 10.0 Å². The molecule has 2 N–H and O–H groups in total. The van der Waals surface area contributed by atoms with Crippen LogP contribution in [0, 0.1) is 17.5 Å². The van der Waals surface area contributed by atoms with E-state index in [9.17, 15) is 22.0 Å². The number of hydrogen-bond acceptors (Lipinski definition) is 6. The van der Waals surface area contributed by atoms with Gasteiger partial charge in [-0.25, -0.2) is 31.6 Å². The molecule has 0 spiro atoms. The first-order valence-corrected chi connectivity index (χ1v) is 12.5. The highest BCUT2D eigenvalue weighted by Gasteiger charge is 2.32. The molecule has 0 bridgehead atoms. The summed E-state index contributed by atoms with van der Waals surface area (Å²) in [6.45, 7) is 0. The molecule has 1 saturated carbocycles. The molecule has 4 aromatic rings. The minimum absolute atomic E-state index is 0.0688. The molecule has 0 amide bonds. The second-order valence-electron chi connectivity index (χ2n) is 8.26. The van der Waals surface area contributed by atoms with Crippen molar-refractivity contribution in [1.29, 1.82) is 0 Å². The number of halogens is 4. The number of nitrogens with zero attached hydrogens (tertiary/aromatic N) is 3. The standard InChI is InChI=1S/C23H17ClF3N5O3S/c1-32(12-3-4-12)23-18-13(9-28-22(18)29-10-30-23)21(33)19-15(26)6-7-16(20(19)27)31-36(34,35)17-8-11(24)2-5-14(17)25/h2,5-10,12,31H,3-4H2,1H3,(H,28,29,30). The number of fused-ring (bicyclic) bond motifs is 1. The largest absolute Gasteiger partial charge is 0.356 e. The zero-order valence-electron chi connectivity index (χ0n) is 18.5. The molecule has 13 heteroatoms. The van der Waals surface area contributed by atoms with Crippen LogP contribution in [0.3, 0.4) is 0 Å². The molecule has 0 saturated heterocycles. The molecule has 0 atom stereocenters. The van der Waals surface area contributed by atoms with Crippen LogP contribution in [0.4, 0.5) is 24.7 Å². The van der Waals surface area contributed by atoms with Crippen molar-refractivity contribution in [3.05, 3.63) is 76.5 Å². The zero-order valence-corrected chi connectivity index (χ0v) is 20.1. The van der Waals surface area contributed by atoms with E-state index < -0.39 is 49.4 Å². The smallest absolute Gasteiger partial charge is 0.264 e. The minimum atomic E-state index is -4.67. The minimum Gasteiger partial charge on any atom is -0.356 e. The molecule has 5 rings (SSSR count). The van der Waals surface area contributed by atoms with Gasteiger partial charge in [-0.15, -0.1) is 0 Å². The average Bonchev–Trinajstić information content (AvgIpc) is 3.60. The van der Waals surface area contributed by atoms with E-state index in [2.05, 4.69) is 15.0 Å². The number of H-pyrrole nitrogens is 1. The van der Waals surface area contributed by atoms with Crippen molar-refractivity contribution < 1.29 is 26.4 Å². The Labute approximate surface area is 208 Å². The maximum Gasteiger partial charge on any atom is 0.264 e. The van der Waals surface area contributed by atoms with Crippen LogP contribution in [0.5, 0.6) is 0 Å². The fraction of sp³-hybridized carbons (Fsp3) is 0.174. The first-order valence-electron chi connectivity index (χ1n) is 10.6. The van der Waals surface area contributed by atoms with E-state index in [0.717, 1.165) is 43.2 Å². The second-order valence-corrected chi connectivity index (χ2v) is 10.3. The Morgan fingerprint density at radius 1 is 1.14 bits per heavy atom. The summed E-state index contributed by atoms with van der Waals surface area (Å²) in [4.78, 5) is 25.6. The number of ketones is 1. The molecule has 8 nitrogen and oxygen atoms in total. The third-order valence-electron chi connectivity index (χ3n) is 5.87. The summed E-state index contributed by atoms with van der Waals surface area (Å²) in [6, 6.07) is 4.58. The summed E-state index contributed by atoms with van der Waals surface area (Å²) in [5, 5.41) is 0.212. The molecule has 36 heavy (non-hydrogen) atoms. The zero-order chi connectivity index (χ0) is 25.8. The van der Waals surface area contributed by atoms with Crippen LogP contribution in [0.2, 0.25) is 5.02 Å². The van der Waals surface area contributed by atoms with E-state index in [1.807, 2.05) is 9.62 Å². The van der Waals surface area contributed by atoms with Crippen molar-refractivity contribution in [1.82, 2.24) is 15.0 Å². The predicted octanol–water partition coefficient (Wildman–Crippen LogP) is 4.66. The first kappa shape index (κ1) is 24.1. The van der Waals surface area contributed by atoms with Gasteiger partial charge in [0.2, 0.25) is 5.78 Å². The predicted molar refractivity (Wildman–Crippen MR) is 127 cm³/mol. The van der Waals surface area contributed by atoms with Crippen molar-refractivity contribution in [2.24, 2.45) is 0 Å². The molecule has 1 aliphatic rings. The van der Waals surface area contributed by atoms with Crippen LogP contribution in [0.25, 0.3) is 11.0 Å². The summed E-state index contributed by atoms with van der Waals surface area (Å²) in [5.41, 5.74) is -1.53. The Morgan fingerprint density at radius 3 is 2.58 bits per heavy atom. The van der Waals surface area contributed by atoms with Gasteiger partial charge in [-0.3, -0.25) is 9.52 Å². The summed E-state index contributed by atoms with van der Waals surface area (Å²) >= 11 is 5.76. The lowest BCUT2D eigenvalue weighted by Gasteiger charge is -2.18. The number of nitrogens with one attached hydrogen (secondary N) is 2. The Kier molecular flexibility index (Phi) is 5.87. The summed E-state index contributed by atoms with van der Waals surface area (Å²) in [6.07, 6.45) is 4.46. The van der Waals surface area contributed by atoms with E-state index >= 15 is 4.39 Å². The Bertz CT molecular complexity index is 1640. The molecule has 1 aliphatic carbocycles. The molecular weight excluding hydrogens is 519 g/mol. The van der Waals surface area contributed by atoms with E-state index in [0.29, 0.717) is 11.5 Å². The highest BCUT2D eigenvalue weighted by molar-refractivity contribution is 7.92. The third-order valence-corrected chi connectivity index (χ3v) is 7.48. The molecular formula is C23H17ClF3N5O3S. The highest BCUT2D eigenvalue weighted by atomic mass is 35.5. The fourth-order valence-electron chi connectivity index (χ4n) is 3.88. The molecule has 0 unspecified atom stereocenters. The van der Waals surface area contributed by atoms with Crippen molar-refractivity contribution in [2.45, 2.75) is 23.8 Å². The summed E-state index contributed by atoms with van der Waals surface area (Å²) in [5.74, 6) is -4.43. The van der Waals surface area contributed by atoms with Crippen molar-refractivity contribution >= 4 is 49.9 Å². The maximum absolute atomic E-state index is 15.4. The number of rotatable bonds is 7. The summed E-state index contributed by atoms with van der Waals surface area (Å²) < 4.78 is 71.6. The lowest BCUT2D eigenvalue weighted by Crippen LogP contribution is -2.21. The molecule has 2 heterocycles. The van der Waals surface area contributed by atoms with Crippen LogP contribution >= 0.6 is 11.6 Å². The van der Waals surface area contributed by atoms with Crippen molar-refractivity contribution in [3.8, 4) is 0 Å². The van der Waals surface area contributed by atoms with Gasteiger partial charge in [0.25, 0.3) is 10.0 Å². The Morgan fingerprint density at radius 2 is 1.86 bits per heavy atom. The van der Waals surface area contributed by atoms with Gasteiger partial charge in [0, 0.05) is 24.3 Å². The van der Waals surface area contributed by atoms with Crippen LogP contribution in [0.15, 0.2) is 47.8 Å². The molecule has 1 fully saturated rings. The monoisotopic (exact) mass is 535 g/mol. The van der Waals surface area contributed by atoms with Crippen LogP contribution < -0.4 is 9.62 Å². The first-order chi connectivity index (χ1) is 17.1. The molecule has 0 radical (unpaired) electrons. The Hall–Kier alpha value is -3.64. The molecule has 2 aromatic heterocycles. The van der Waals surface area contributed by atoms with Gasteiger partial charge in [0.05, 0.1) is 22.2 Å². The van der Waals surface area contributed by atoms with E-state index in [4.69, 9.17) is 11.6 Å². The number of benzene rings is 2. The Balaban J connectivity index is 1.57. The normalized spacial score (nSPS) is 13.7. The lowest BCUT2D eigenvalue weighted by atomic mass is 10.0. The molecule has 2 aromatic carbocycles. The van der Waals surface area contributed by atoms with Gasteiger partial charge in [0.1, 0.15) is 34.3 Å². The van der Waals surface area contributed by atoms with Crippen LogP contribution in [-0.4, -0.2) is 42.2 Å². The van der Waals surface area contributed by atoms with Crippen LogP contribution in [0.1, 0.15) is 28.8 Å². The number of carbonyl (C=O) groups excluding carboxylic acids is 1. The third kappa shape index (κ3) is 4.16. The number of aromatic nitrogens is 3.